The van der Waals surface area contributed by atoms with Crippen LogP contribution in [0.5, 0.6) is 0 Å². The van der Waals surface area contributed by atoms with Gasteiger partial charge in [0.2, 0.25) is 5.43 Å². The van der Waals surface area contributed by atoms with Crippen molar-refractivity contribution in [2.45, 2.75) is 0 Å². The Morgan fingerprint density at radius 3 is 2.78 bits per heavy atom. The Labute approximate surface area is 100 Å². The molecule has 0 spiro atoms. The number of pyridine rings is 2. The number of rotatable bonds is 0. The van der Waals surface area contributed by atoms with Crippen molar-refractivity contribution in [3.05, 3.63) is 58.6 Å². The highest BCUT2D eigenvalue weighted by molar-refractivity contribution is 6.00. The SMILES string of the molecule is O=c1c2c(F)cccc2c2cnc3cccc1n32. The van der Waals surface area contributed by atoms with E-state index in [0.29, 0.717) is 16.6 Å². The molecule has 0 atom stereocenters. The van der Waals surface area contributed by atoms with E-state index in [1.165, 1.54) is 6.07 Å². The zero-order chi connectivity index (χ0) is 12.3. The molecule has 4 aromatic rings. The topological polar surface area (TPSA) is 34.4 Å². The van der Waals surface area contributed by atoms with Crippen molar-refractivity contribution in [2.24, 2.45) is 0 Å². The fourth-order valence-electron chi connectivity index (χ4n) is 2.50. The van der Waals surface area contributed by atoms with Gasteiger partial charge in [0.25, 0.3) is 0 Å². The summed E-state index contributed by atoms with van der Waals surface area (Å²) in [5.74, 6) is -0.484. The van der Waals surface area contributed by atoms with Gasteiger partial charge in [-0.3, -0.25) is 9.20 Å². The minimum atomic E-state index is -0.484. The highest BCUT2D eigenvalue weighted by Crippen LogP contribution is 2.23. The van der Waals surface area contributed by atoms with E-state index in [1.807, 2.05) is 6.07 Å². The first-order valence-corrected chi connectivity index (χ1v) is 5.57. The molecule has 0 N–H and O–H groups in total. The minimum absolute atomic E-state index is 0.137. The van der Waals surface area contributed by atoms with Crippen molar-refractivity contribution in [1.82, 2.24) is 9.38 Å². The van der Waals surface area contributed by atoms with Gasteiger partial charge in [0.05, 0.1) is 22.6 Å². The van der Waals surface area contributed by atoms with Crippen LogP contribution in [0.3, 0.4) is 0 Å². The van der Waals surface area contributed by atoms with Gasteiger partial charge >= 0.3 is 0 Å². The Hall–Kier alpha value is -2.49. The molecule has 4 heteroatoms. The lowest BCUT2D eigenvalue weighted by atomic mass is 10.1. The van der Waals surface area contributed by atoms with E-state index in [2.05, 4.69) is 4.98 Å². The lowest BCUT2D eigenvalue weighted by molar-refractivity contribution is 0.639. The van der Waals surface area contributed by atoms with E-state index < -0.39 is 5.82 Å². The molecular formula is C14H7FN2O. The van der Waals surface area contributed by atoms with Crippen LogP contribution in [0.25, 0.3) is 27.5 Å². The van der Waals surface area contributed by atoms with Gasteiger partial charge in [-0.2, -0.15) is 0 Å². The number of fused-ring (bicyclic) bond motifs is 2. The van der Waals surface area contributed by atoms with Crippen LogP contribution in [0.15, 0.2) is 47.4 Å². The molecule has 0 aliphatic carbocycles. The van der Waals surface area contributed by atoms with Crippen LogP contribution in [-0.2, 0) is 0 Å². The number of aromatic nitrogens is 2. The largest absolute Gasteiger partial charge is 0.289 e. The summed E-state index contributed by atoms with van der Waals surface area (Å²) in [5.41, 5.74) is 1.62. The molecule has 3 heterocycles. The van der Waals surface area contributed by atoms with Gasteiger partial charge in [0.15, 0.2) is 0 Å². The van der Waals surface area contributed by atoms with E-state index in [0.717, 1.165) is 5.52 Å². The van der Waals surface area contributed by atoms with Gasteiger partial charge in [-0.25, -0.2) is 9.37 Å². The highest BCUT2D eigenvalue weighted by atomic mass is 19.1. The zero-order valence-electron chi connectivity index (χ0n) is 9.22. The summed E-state index contributed by atoms with van der Waals surface area (Å²) >= 11 is 0. The average Bonchev–Trinajstić information content (AvgIpc) is 2.80. The maximum atomic E-state index is 13.9. The molecule has 0 radical (unpaired) electrons. The van der Waals surface area contributed by atoms with E-state index in [1.54, 1.807) is 34.9 Å². The van der Waals surface area contributed by atoms with Gasteiger partial charge in [0.1, 0.15) is 11.5 Å². The monoisotopic (exact) mass is 238 g/mol. The Bertz CT molecular complexity index is 958. The smallest absolute Gasteiger partial charge is 0.213 e. The van der Waals surface area contributed by atoms with Crippen LogP contribution in [0.2, 0.25) is 0 Å². The first kappa shape index (κ1) is 9.53. The minimum Gasteiger partial charge on any atom is -0.289 e. The molecule has 18 heavy (non-hydrogen) atoms. The molecule has 1 aromatic carbocycles. The maximum absolute atomic E-state index is 13.9. The van der Waals surface area contributed by atoms with Crippen molar-refractivity contribution in [2.75, 3.05) is 0 Å². The van der Waals surface area contributed by atoms with E-state index in [9.17, 15) is 9.18 Å². The predicted octanol–water partition coefficient (Wildman–Crippen LogP) is 2.58. The Balaban J connectivity index is 2.52. The van der Waals surface area contributed by atoms with Crippen LogP contribution in [-0.4, -0.2) is 9.38 Å². The van der Waals surface area contributed by atoms with E-state index in [4.69, 9.17) is 0 Å². The van der Waals surface area contributed by atoms with Crippen LogP contribution in [0.4, 0.5) is 4.39 Å². The Morgan fingerprint density at radius 1 is 1.06 bits per heavy atom. The van der Waals surface area contributed by atoms with Gasteiger partial charge < -0.3 is 0 Å². The fourth-order valence-corrected chi connectivity index (χ4v) is 2.50. The standard InChI is InChI=1S/C14H7FN2O/c15-9-4-1-3-8-11-7-16-12-6-2-5-10(17(11)12)14(18)13(8)9/h1-7H. The van der Waals surface area contributed by atoms with Crippen LogP contribution >= 0.6 is 0 Å². The molecule has 0 aliphatic heterocycles. The quantitative estimate of drug-likeness (QED) is 0.441. The lowest BCUT2D eigenvalue weighted by Crippen LogP contribution is -2.09. The molecule has 0 aliphatic rings. The van der Waals surface area contributed by atoms with Crippen molar-refractivity contribution in [3.63, 3.8) is 0 Å². The second-order valence-corrected chi connectivity index (χ2v) is 4.24. The molecule has 4 rings (SSSR count). The van der Waals surface area contributed by atoms with E-state index in [-0.39, 0.29) is 10.8 Å². The second-order valence-electron chi connectivity index (χ2n) is 4.24. The molecule has 0 amide bonds. The van der Waals surface area contributed by atoms with Crippen molar-refractivity contribution in [3.8, 4) is 0 Å². The molecule has 0 unspecified atom stereocenters. The summed E-state index contributed by atoms with van der Waals surface area (Å²) < 4.78 is 15.6. The molecule has 0 saturated heterocycles. The highest BCUT2D eigenvalue weighted by Gasteiger charge is 2.14. The first-order valence-electron chi connectivity index (χ1n) is 5.57. The molecule has 0 saturated carbocycles. The average molecular weight is 238 g/mol. The van der Waals surface area contributed by atoms with E-state index >= 15 is 0 Å². The first-order chi connectivity index (χ1) is 8.77. The number of nitrogens with zero attached hydrogens (tertiary/aromatic N) is 2. The van der Waals surface area contributed by atoms with Crippen molar-refractivity contribution >= 4 is 27.5 Å². The molecule has 0 bridgehead atoms. The molecule has 86 valence electrons. The number of imidazole rings is 1. The van der Waals surface area contributed by atoms with Gasteiger partial charge in [-0.15, -0.1) is 0 Å². The van der Waals surface area contributed by atoms with Crippen LogP contribution in [0, 0.1) is 5.82 Å². The molecule has 3 aromatic heterocycles. The summed E-state index contributed by atoms with van der Waals surface area (Å²) in [5, 5.41) is 0.740. The number of hydrogen-bond donors (Lipinski definition) is 0. The summed E-state index contributed by atoms with van der Waals surface area (Å²) in [6, 6.07) is 9.93. The summed E-state index contributed by atoms with van der Waals surface area (Å²) in [6.45, 7) is 0. The predicted molar refractivity (Wildman–Crippen MR) is 67.6 cm³/mol. The van der Waals surface area contributed by atoms with Crippen molar-refractivity contribution in [1.29, 1.82) is 0 Å². The zero-order valence-corrected chi connectivity index (χ0v) is 9.22. The molecular weight excluding hydrogens is 231 g/mol. The van der Waals surface area contributed by atoms with Gasteiger partial charge in [-0.05, 0) is 18.2 Å². The van der Waals surface area contributed by atoms with Crippen molar-refractivity contribution < 1.29 is 4.39 Å². The third-order valence-electron chi connectivity index (χ3n) is 3.28. The lowest BCUT2D eigenvalue weighted by Gasteiger charge is -2.05. The Morgan fingerprint density at radius 2 is 1.89 bits per heavy atom. The third kappa shape index (κ3) is 0.977. The maximum Gasteiger partial charge on any atom is 0.213 e. The molecule has 3 nitrogen and oxygen atoms in total. The second kappa shape index (κ2) is 3.04. The Kier molecular flexibility index (Phi) is 1.61. The number of hydrogen-bond acceptors (Lipinski definition) is 2. The summed E-state index contributed by atoms with van der Waals surface area (Å²) in [7, 11) is 0. The number of halogens is 1. The van der Waals surface area contributed by atoms with Crippen LogP contribution in [0.1, 0.15) is 0 Å². The normalized spacial score (nSPS) is 11.8. The van der Waals surface area contributed by atoms with Gasteiger partial charge in [0, 0.05) is 5.39 Å². The fraction of sp³-hybridized carbons (Fsp3) is 0. The summed E-state index contributed by atoms with van der Waals surface area (Å²) in [4.78, 5) is 16.6. The van der Waals surface area contributed by atoms with Crippen LogP contribution < -0.4 is 5.43 Å². The number of benzene rings is 1. The van der Waals surface area contributed by atoms with Gasteiger partial charge in [-0.1, -0.05) is 18.2 Å². The molecule has 0 fully saturated rings. The summed E-state index contributed by atoms with van der Waals surface area (Å²) in [6.07, 6.45) is 1.67. The third-order valence-corrected chi connectivity index (χ3v) is 3.28.